The normalized spacial score (nSPS) is 12.0. The van der Waals surface area contributed by atoms with Crippen LogP contribution in [-0.4, -0.2) is 31.9 Å². The molecule has 3 aromatic rings. The molecule has 0 aliphatic heterocycles. The van der Waals surface area contributed by atoms with Crippen LogP contribution in [0, 0.1) is 23.0 Å². The third-order valence-electron chi connectivity index (χ3n) is 4.08. The Bertz CT molecular complexity index is 1060. The Kier molecular flexibility index (Phi) is 5.68. The van der Waals surface area contributed by atoms with Crippen LogP contribution >= 0.6 is 0 Å². The third kappa shape index (κ3) is 4.45. The topological polar surface area (TPSA) is 110 Å². The van der Waals surface area contributed by atoms with Gasteiger partial charge in [-0.2, -0.15) is 15.3 Å². The average Bonchev–Trinajstić information content (AvgIpc) is 3.31. The highest BCUT2D eigenvalue weighted by atomic mass is 19.1. The van der Waals surface area contributed by atoms with Crippen molar-refractivity contribution >= 4 is 5.91 Å². The minimum atomic E-state index is -0.946. The molecule has 0 saturated carbocycles. The van der Waals surface area contributed by atoms with Gasteiger partial charge in [0.25, 0.3) is 0 Å². The fourth-order valence-electron chi connectivity index (χ4n) is 2.62. The number of nitrogens with zero attached hydrogens (tertiary/aromatic N) is 5. The standard InChI is InChI=1S/C19H18F2N6O2/c1-10(2)17-24-19(29-26-17)18(28)23-11(3)9-27-5-4-16(25-27)12-6-14(20)13(8-22)15(21)7-12/h4-7,10-11H,9H2,1-3H3,(H,23,28)/t11-/m0/s1. The fraction of sp³-hybridized carbons (Fsp3) is 0.316. The van der Waals surface area contributed by atoms with Crippen molar-refractivity contribution in [2.75, 3.05) is 0 Å². The number of rotatable bonds is 6. The number of benzene rings is 1. The number of nitrogens with one attached hydrogen (secondary N) is 1. The number of amides is 1. The van der Waals surface area contributed by atoms with E-state index in [4.69, 9.17) is 9.78 Å². The van der Waals surface area contributed by atoms with Crippen LogP contribution in [0.5, 0.6) is 0 Å². The molecule has 0 unspecified atom stereocenters. The molecule has 1 N–H and O–H groups in total. The Labute approximate surface area is 165 Å². The van der Waals surface area contributed by atoms with Gasteiger partial charge in [0.15, 0.2) is 5.82 Å². The molecule has 1 amide bonds. The van der Waals surface area contributed by atoms with Crippen molar-refractivity contribution in [3.63, 3.8) is 0 Å². The molecule has 150 valence electrons. The van der Waals surface area contributed by atoms with E-state index in [1.807, 2.05) is 13.8 Å². The third-order valence-corrected chi connectivity index (χ3v) is 4.08. The Morgan fingerprint density at radius 1 is 1.31 bits per heavy atom. The summed E-state index contributed by atoms with van der Waals surface area (Å²) in [6.07, 6.45) is 1.62. The van der Waals surface area contributed by atoms with Crippen LogP contribution in [-0.2, 0) is 6.54 Å². The maximum absolute atomic E-state index is 13.8. The molecule has 0 spiro atoms. The van der Waals surface area contributed by atoms with Gasteiger partial charge in [-0.25, -0.2) is 8.78 Å². The van der Waals surface area contributed by atoms with Gasteiger partial charge in [-0.1, -0.05) is 19.0 Å². The summed E-state index contributed by atoms with van der Waals surface area (Å²) in [5.74, 6) is -2.03. The van der Waals surface area contributed by atoms with Gasteiger partial charge >= 0.3 is 11.8 Å². The van der Waals surface area contributed by atoms with Gasteiger partial charge in [0, 0.05) is 23.7 Å². The minimum absolute atomic E-state index is 0.0390. The lowest BCUT2D eigenvalue weighted by atomic mass is 10.1. The molecule has 0 bridgehead atoms. The van der Waals surface area contributed by atoms with Gasteiger partial charge in [0.05, 0.1) is 12.2 Å². The van der Waals surface area contributed by atoms with Crippen molar-refractivity contribution in [3.8, 4) is 17.3 Å². The second kappa shape index (κ2) is 8.18. The van der Waals surface area contributed by atoms with Crippen molar-refractivity contribution in [2.24, 2.45) is 0 Å². The van der Waals surface area contributed by atoms with Gasteiger partial charge in [-0.05, 0) is 25.1 Å². The molecule has 2 aromatic heterocycles. The molecule has 29 heavy (non-hydrogen) atoms. The zero-order chi connectivity index (χ0) is 21.1. The Morgan fingerprint density at radius 3 is 2.59 bits per heavy atom. The zero-order valence-electron chi connectivity index (χ0n) is 16.0. The predicted molar refractivity (Wildman–Crippen MR) is 97.6 cm³/mol. The summed E-state index contributed by atoms with van der Waals surface area (Å²) in [6.45, 7) is 5.84. The number of carbonyl (C=O) groups is 1. The largest absolute Gasteiger partial charge is 0.344 e. The van der Waals surface area contributed by atoms with Gasteiger partial charge in [0.1, 0.15) is 23.3 Å². The van der Waals surface area contributed by atoms with Crippen molar-refractivity contribution in [2.45, 2.75) is 39.3 Å². The molecule has 0 radical (unpaired) electrons. The molecular weight excluding hydrogens is 382 g/mol. The van der Waals surface area contributed by atoms with E-state index in [0.29, 0.717) is 18.1 Å². The summed E-state index contributed by atoms with van der Waals surface area (Å²) in [4.78, 5) is 16.2. The van der Waals surface area contributed by atoms with Gasteiger partial charge < -0.3 is 9.84 Å². The van der Waals surface area contributed by atoms with Crippen LogP contribution in [0.25, 0.3) is 11.3 Å². The van der Waals surface area contributed by atoms with E-state index in [-0.39, 0.29) is 23.4 Å². The molecule has 2 heterocycles. The molecule has 0 aliphatic carbocycles. The molecule has 0 saturated heterocycles. The van der Waals surface area contributed by atoms with Crippen molar-refractivity contribution < 1.29 is 18.1 Å². The Morgan fingerprint density at radius 2 is 2.00 bits per heavy atom. The number of halogens is 2. The molecule has 3 rings (SSSR count). The summed E-state index contributed by atoms with van der Waals surface area (Å²) < 4.78 is 34.1. The van der Waals surface area contributed by atoms with Crippen molar-refractivity contribution in [3.05, 3.63) is 53.3 Å². The summed E-state index contributed by atoms with van der Waals surface area (Å²) in [6, 6.07) is 4.84. The highest BCUT2D eigenvalue weighted by Crippen LogP contribution is 2.22. The van der Waals surface area contributed by atoms with Crippen molar-refractivity contribution in [1.29, 1.82) is 5.26 Å². The first kappa shape index (κ1) is 20.1. The lowest BCUT2D eigenvalue weighted by molar-refractivity contribution is 0.0891. The van der Waals surface area contributed by atoms with Gasteiger partial charge in [0.2, 0.25) is 0 Å². The highest BCUT2D eigenvalue weighted by Gasteiger charge is 2.19. The number of carbonyl (C=O) groups excluding carboxylic acids is 1. The second-order valence-electron chi connectivity index (χ2n) is 6.84. The first-order chi connectivity index (χ1) is 13.8. The summed E-state index contributed by atoms with van der Waals surface area (Å²) in [5.41, 5.74) is -0.0861. The molecule has 1 aromatic carbocycles. The van der Waals surface area contributed by atoms with Crippen LogP contribution in [0.1, 0.15) is 48.8 Å². The number of aromatic nitrogens is 4. The maximum Gasteiger partial charge on any atom is 0.315 e. The van der Waals surface area contributed by atoms with Crippen LogP contribution in [0.3, 0.4) is 0 Å². The minimum Gasteiger partial charge on any atom is -0.344 e. The summed E-state index contributed by atoms with van der Waals surface area (Å²) in [5, 5.41) is 19.5. The molecular formula is C19H18F2N6O2. The van der Waals surface area contributed by atoms with E-state index in [9.17, 15) is 13.6 Å². The summed E-state index contributed by atoms with van der Waals surface area (Å²) in [7, 11) is 0. The van der Waals surface area contributed by atoms with E-state index >= 15 is 0 Å². The van der Waals surface area contributed by atoms with E-state index in [2.05, 4.69) is 20.6 Å². The first-order valence-electron chi connectivity index (χ1n) is 8.86. The Hall–Kier alpha value is -3.61. The predicted octanol–water partition coefficient (Wildman–Crippen LogP) is 3.02. The quantitative estimate of drug-likeness (QED) is 0.681. The van der Waals surface area contributed by atoms with Crippen LogP contribution in [0.15, 0.2) is 28.9 Å². The molecule has 1 atom stereocenters. The monoisotopic (exact) mass is 400 g/mol. The molecule has 10 heteroatoms. The highest BCUT2D eigenvalue weighted by molar-refractivity contribution is 5.89. The van der Waals surface area contributed by atoms with Crippen molar-refractivity contribution in [1.82, 2.24) is 25.2 Å². The van der Waals surface area contributed by atoms with E-state index in [1.165, 1.54) is 10.8 Å². The molecule has 8 nitrogen and oxygen atoms in total. The van der Waals surface area contributed by atoms with Gasteiger partial charge in [-0.15, -0.1) is 0 Å². The smallest absolute Gasteiger partial charge is 0.315 e. The number of hydrogen-bond donors (Lipinski definition) is 1. The van der Waals surface area contributed by atoms with Gasteiger partial charge in [-0.3, -0.25) is 9.48 Å². The maximum atomic E-state index is 13.8. The van der Waals surface area contributed by atoms with Crippen LogP contribution in [0.4, 0.5) is 8.78 Å². The van der Waals surface area contributed by atoms with E-state index in [1.54, 1.807) is 19.2 Å². The van der Waals surface area contributed by atoms with E-state index < -0.39 is 23.1 Å². The lowest BCUT2D eigenvalue weighted by Gasteiger charge is -2.12. The molecule has 0 aliphatic rings. The first-order valence-corrected chi connectivity index (χ1v) is 8.86. The zero-order valence-corrected chi connectivity index (χ0v) is 16.0. The number of hydrogen-bond acceptors (Lipinski definition) is 6. The van der Waals surface area contributed by atoms with Crippen LogP contribution in [0.2, 0.25) is 0 Å². The fourth-order valence-corrected chi connectivity index (χ4v) is 2.62. The van der Waals surface area contributed by atoms with Crippen LogP contribution < -0.4 is 5.32 Å². The SMILES string of the molecule is CC(C)c1noc(C(=O)N[C@@H](C)Cn2ccc(-c3cc(F)c(C#N)c(F)c3)n2)n1. The lowest BCUT2D eigenvalue weighted by Crippen LogP contribution is -2.36. The summed E-state index contributed by atoms with van der Waals surface area (Å²) >= 11 is 0. The number of nitriles is 1. The molecule has 0 fully saturated rings. The van der Waals surface area contributed by atoms with E-state index in [0.717, 1.165) is 12.1 Å². The average molecular weight is 400 g/mol. The Balaban J connectivity index is 1.66. The second-order valence-corrected chi connectivity index (χ2v) is 6.84.